The van der Waals surface area contributed by atoms with E-state index in [4.69, 9.17) is 0 Å². The molecule has 1 aliphatic rings. The minimum atomic E-state index is -3.43. The first-order chi connectivity index (χ1) is 14.0. The maximum atomic E-state index is 12.8. The highest BCUT2D eigenvalue weighted by molar-refractivity contribution is 7.89. The number of aryl methyl sites for hydroxylation is 1. The fourth-order valence-corrected chi connectivity index (χ4v) is 5.05. The molecule has 1 aromatic heterocycles. The van der Waals surface area contributed by atoms with Gasteiger partial charge in [-0.15, -0.1) is 0 Å². The molecule has 0 aliphatic carbocycles. The molecule has 0 saturated carbocycles. The van der Waals surface area contributed by atoms with Gasteiger partial charge in [0.1, 0.15) is 0 Å². The number of amides is 1. The first-order valence-corrected chi connectivity index (χ1v) is 11.7. The van der Waals surface area contributed by atoms with Crippen molar-refractivity contribution in [3.63, 3.8) is 0 Å². The van der Waals surface area contributed by atoms with Gasteiger partial charge in [-0.05, 0) is 56.0 Å². The number of benzene rings is 1. The molecule has 29 heavy (non-hydrogen) atoms. The van der Waals surface area contributed by atoms with Gasteiger partial charge in [-0.3, -0.25) is 9.78 Å². The first-order valence-electron chi connectivity index (χ1n) is 10.3. The summed E-state index contributed by atoms with van der Waals surface area (Å²) in [5.41, 5.74) is 1.77. The number of carbonyl (C=O) groups excluding carboxylic acids is 1. The summed E-state index contributed by atoms with van der Waals surface area (Å²) in [6.45, 7) is 3.10. The van der Waals surface area contributed by atoms with Crippen LogP contribution in [0.3, 0.4) is 0 Å². The van der Waals surface area contributed by atoms with E-state index in [1.54, 1.807) is 34.8 Å². The third kappa shape index (κ3) is 5.87. The van der Waals surface area contributed by atoms with Crippen LogP contribution in [-0.4, -0.2) is 36.7 Å². The maximum absolute atomic E-state index is 12.8. The Bertz CT molecular complexity index is 891. The number of aromatic nitrogens is 1. The van der Waals surface area contributed by atoms with Crippen molar-refractivity contribution < 1.29 is 13.2 Å². The van der Waals surface area contributed by atoms with Crippen molar-refractivity contribution in [3.05, 3.63) is 59.9 Å². The highest BCUT2D eigenvalue weighted by Gasteiger charge is 2.24. The van der Waals surface area contributed by atoms with Crippen LogP contribution in [-0.2, 0) is 21.2 Å². The Hall–Kier alpha value is -2.25. The van der Waals surface area contributed by atoms with E-state index in [2.05, 4.69) is 10.3 Å². The predicted molar refractivity (Wildman–Crippen MR) is 113 cm³/mol. The molecule has 3 rings (SSSR count). The van der Waals surface area contributed by atoms with Gasteiger partial charge in [0.2, 0.25) is 15.9 Å². The molecule has 1 atom stereocenters. The molecule has 0 bridgehead atoms. The van der Waals surface area contributed by atoms with Gasteiger partial charge in [-0.25, -0.2) is 8.42 Å². The van der Waals surface area contributed by atoms with Crippen molar-refractivity contribution in [2.75, 3.05) is 13.1 Å². The molecule has 1 N–H and O–H groups in total. The Balaban J connectivity index is 1.54. The maximum Gasteiger partial charge on any atom is 0.243 e. The summed E-state index contributed by atoms with van der Waals surface area (Å²) in [6.07, 6.45) is 6.63. The van der Waals surface area contributed by atoms with Crippen LogP contribution < -0.4 is 5.32 Å². The van der Waals surface area contributed by atoms with E-state index in [0.29, 0.717) is 30.8 Å². The zero-order chi connectivity index (χ0) is 20.7. The van der Waals surface area contributed by atoms with Gasteiger partial charge in [0.15, 0.2) is 0 Å². The van der Waals surface area contributed by atoms with Crippen molar-refractivity contribution in [1.82, 2.24) is 14.6 Å². The van der Waals surface area contributed by atoms with Gasteiger partial charge in [-0.1, -0.05) is 31.0 Å². The number of hydrogen-bond donors (Lipinski definition) is 1. The number of rotatable bonds is 7. The molecule has 2 aromatic rings. The molecule has 1 aromatic carbocycles. The van der Waals surface area contributed by atoms with Gasteiger partial charge in [0.25, 0.3) is 0 Å². The molecule has 0 spiro atoms. The van der Waals surface area contributed by atoms with Crippen LogP contribution in [0.5, 0.6) is 0 Å². The van der Waals surface area contributed by atoms with E-state index < -0.39 is 10.0 Å². The van der Waals surface area contributed by atoms with Crippen LogP contribution in [0.25, 0.3) is 0 Å². The second kappa shape index (κ2) is 9.98. The third-order valence-electron chi connectivity index (χ3n) is 5.28. The Kier molecular flexibility index (Phi) is 7.39. The Morgan fingerprint density at radius 1 is 1.07 bits per heavy atom. The number of nitrogens with one attached hydrogen (secondary N) is 1. The fraction of sp³-hybridized carbons (Fsp3) is 0.455. The van der Waals surface area contributed by atoms with Crippen LogP contribution in [0, 0.1) is 0 Å². The molecule has 6 nitrogen and oxygen atoms in total. The van der Waals surface area contributed by atoms with Crippen LogP contribution in [0.2, 0.25) is 0 Å². The fourth-order valence-electron chi connectivity index (χ4n) is 3.54. The first kappa shape index (κ1) is 21.5. The summed E-state index contributed by atoms with van der Waals surface area (Å²) in [4.78, 5) is 16.8. The number of carbonyl (C=O) groups is 1. The van der Waals surface area contributed by atoms with E-state index in [9.17, 15) is 13.2 Å². The second-order valence-corrected chi connectivity index (χ2v) is 9.44. The smallest absolute Gasteiger partial charge is 0.243 e. The SMILES string of the molecule is CC(NC(=O)CCc1ccc(S(=O)(=O)N2CCCCCC2)cc1)c1ccccn1. The minimum absolute atomic E-state index is 0.0515. The van der Waals surface area contributed by atoms with E-state index in [-0.39, 0.29) is 11.9 Å². The van der Waals surface area contributed by atoms with Gasteiger partial charge in [0, 0.05) is 25.7 Å². The highest BCUT2D eigenvalue weighted by atomic mass is 32.2. The Morgan fingerprint density at radius 2 is 1.76 bits per heavy atom. The monoisotopic (exact) mass is 415 g/mol. The predicted octanol–water partition coefficient (Wildman–Crippen LogP) is 3.46. The number of sulfonamides is 1. The molecule has 2 heterocycles. The zero-order valence-corrected chi connectivity index (χ0v) is 17.7. The summed E-state index contributed by atoms with van der Waals surface area (Å²) < 4.78 is 27.3. The molecular formula is C22H29N3O3S. The van der Waals surface area contributed by atoms with E-state index in [1.807, 2.05) is 25.1 Å². The van der Waals surface area contributed by atoms with Crippen molar-refractivity contribution in [1.29, 1.82) is 0 Å². The highest BCUT2D eigenvalue weighted by Crippen LogP contribution is 2.21. The lowest BCUT2D eigenvalue weighted by molar-refractivity contribution is -0.121. The topological polar surface area (TPSA) is 79.4 Å². The lowest BCUT2D eigenvalue weighted by Crippen LogP contribution is -2.31. The number of nitrogens with zero attached hydrogens (tertiary/aromatic N) is 2. The third-order valence-corrected chi connectivity index (χ3v) is 7.19. The quantitative estimate of drug-likeness (QED) is 0.751. The van der Waals surface area contributed by atoms with Crippen molar-refractivity contribution >= 4 is 15.9 Å². The van der Waals surface area contributed by atoms with Crippen LogP contribution in [0.1, 0.15) is 56.3 Å². The average Bonchev–Trinajstić information content (AvgIpc) is 3.03. The zero-order valence-electron chi connectivity index (χ0n) is 16.9. The van der Waals surface area contributed by atoms with Gasteiger partial charge < -0.3 is 5.32 Å². The molecule has 1 aliphatic heterocycles. The van der Waals surface area contributed by atoms with Crippen molar-refractivity contribution in [2.24, 2.45) is 0 Å². The number of pyridine rings is 1. The van der Waals surface area contributed by atoms with Crippen molar-refractivity contribution in [2.45, 2.75) is 56.4 Å². The van der Waals surface area contributed by atoms with Gasteiger partial charge in [0.05, 0.1) is 16.6 Å². The van der Waals surface area contributed by atoms with Crippen molar-refractivity contribution in [3.8, 4) is 0 Å². The standard InChI is InChI=1S/C22H29N3O3S/c1-18(21-8-4-5-15-23-21)24-22(26)14-11-19-9-12-20(13-10-19)29(27,28)25-16-6-2-3-7-17-25/h4-5,8-10,12-13,15,18H,2-3,6-7,11,14,16-17H2,1H3,(H,24,26). The molecule has 1 saturated heterocycles. The van der Waals surface area contributed by atoms with Crippen LogP contribution >= 0.6 is 0 Å². The Labute approximate surface area is 173 Å². The van der Waals surface area contributed by atoms with Gasteiger partial charge >= 0.3 is 0 Å². The lowest BCUT2D eigenvalue weighted by Gasteiger charge is -2.20. The summed E-state index contributed by atoms with van der Waals surface area (Å²) in [7, 11) is -3.43. The molecule has 1 unspecified atom stereocenters. The van der Waals surface area contributed by atoms with E-state index in [1.165, 1.54) is 0 Å². The second-order valence-electron chi connectivity index (χ2n) is 7.51. The largest absolute Gasteiger partial charge is 0.348 e. The lowest BCUT2D eigenvalue weighted by atomic mass is 10.1. The van der Waals surface area contributed by atoms with E-state index in [0.717, 1.165) is 36.9 Å². The summed E-state index contributed by atoms with van der Waals surface area (Å²) in [5.74, 6) is -0.0515. The van der Waals surface area contributed by atoms with Gasteiger partial charge in [-0.2, -0.15) is 4.31 Å². The summed E-state index contributed by atoms with van der Waals surface area (Å²) >= 11 is 0. The Morgan fingerprint density at radius 3 is 2.38 bits per heavy atom. The average molecular weight is 416 g/mol. The summed E-state index contributed by atoms with van der Waals surface area (Å²) in [5, 5.41) is 2.95. The number of hydrogen-bond acceptors (Lipinski definition) is 4. The molecule has 156 valence electrons. The molecule has 0 radical (unpaired) electrons. The minimum Gasteiger partial charge on any atom is -0.348 e. The van der Waals surface area contributed by atoms with Crippen LogP contribution in [0.15, 0.2) is 53.6 Å². The molecule has 1 amide bonds. The molecular weight excluding hydrogens is 386 g/mol. The van der Waals surface area contributed by atoms with Crippen LogP contribution in [0.4, 0.5) is 0 Å². The normalized spacial score (nSPS) is 16.7. The molecule has 1 fully saturated rings. The van der Waals surface area contributed by atoms with E-state index >= 15 is 0 Å². The molecule has 7 heteroatoms. The summed E-state index contributed by atoms with van der Waals surface area (Å²) in [6, 6.07) is 12.4.